The highest BCUT2D eigenvalue weighted by atomic mass is 19.4. The third-order valence-corrected chi connectivity index (χ3v) is 3.91. The molecule has 0 bridgehead atoms. The van der Waals surface area contributed by atoms with Crippen molar-refractivity contribution in [1.82, 2.24) is 4.90 Å². The zero-order valence-corrected chi connectivity index (χ0v) is 13.4. The fraction of sp³-hybridized carbons (Fsp3) is 1.00. The minimum atomic E-state index is -8.97. The van der Waals surface area contributed by atoms with Crippen LogP contribution in [0.2, 0.25) is 0 Å². The van der Waals surface area contributed by atoms with Crippen molar-refractivity contribution in [3.8, 4) is 0 Å². The standard InChI is InChI=1S/C10F21N/c11-1(12,3(15,16)7(23,24)25)4(17,18)8(26,27)32-9(28,29)5(19,20)2(13,14)6(21,22)10(32,30)31. The van der Waals surface area contributed by atoms with Gasteiger partial charge in [0.2, 0.25) is 0 Å². The molecule has 1 rings (SSSR count). The molecule has 0 aliphatic carbocycles. The summed E-state index contributed by atoms with van der Waals surface area (Å²) in [6, 6.07) is -25.7. The smallest absolute Gasteiger partial charge is 0.192 e. The second kappa shape index (κ2) is 6.33. The Morgan fingerprint density at radius 2 is 0.656 bits per heavy atom. The molecule has 0 spiro atoms. The first-order chi connectivity index (χ1) is 13.4. The maximum absolute atomic E-state index is 13.6. The predicted molar refractivity (Wildman–Crippen MR) is 52.4 cm³/mol. The number of likely N-dealkylation sites (tertiary alicyclic amines) is 1. The molecule has 1 aliphatic rings. The predicted octanol–water partition coefficient (Wildman–Crippen LogP) is 6.45. The average Bonchev–Trinajstić information content (AvgIpc) is 2.50. The molecule has 1 saturated heterocycles. The molecule has 192 valence electrons. The molecule has 0 radical (unpaired) electrons. The fourth-order valence-electron chi connectivity index (χ4n) is 2.09. The van der Waals surface area contributed by atoms with Crippen molar-refractivity contribution in [3.63, 3.8) is 0 Å². The van der Waals surface area contributed by atoms with Crippen LogP contribution in [0.25, 0.3) is 0 Å². The Morgan fingerprint density at radius 1 is 0.375 bits per heavy atom. The maximum atomic E-state index is 13.6. The van der Waals surface area contributed by atoms with Gasteiger partial charge in [0.1, 0.15) is 0 Å². The van der Waals surface area contributed by atoms with Crippen LogP contribution in [0.3, 0.4) is 0 Å². The Kier molecular flexibility index (Phi) is 5.64. The number of hydrogen-bond acceptors (Lipinski definition) is 1. The minimum absolute atomic E-state index is 4.95. The van der Waals surface area contributed by atoms with Crippen molar-refractivity contribution in [1.29, 1.82) is 0 Å². The van der Waals surface area contributed by atoms with E-state index < -0.39 is 64.8 Å². The van der Waals surface area contributed by atoms with Crippen molar-refractivity contribution < 1.29 is 92.2 Å². The molecule has 0 amide bonds. The van der Waals surface area contributed by atoms with E-state index in [9.17, 15) is 92.2 Å². The summed E-state index contributed by atoms with van der Waals surface area (Å²) in [4.78, 5) is -4.95. The van der Waals surface area contributed by atoms with Gasteiger partial charge in [0.15, 0.2) is 0 Å². The van der Waals surface area contributed by atoms with Gasteiger partial charge >= 0.3 is 59.9 Å². The molecule has 0 N–H and O–H groups in total. The van der Waals surface area contributed by atoms with Crippen molar-refractivity contribution in [2.45, 2.75) is 59.9 Å². The van der Waals surface area contributed by atoms with E-state index in [1.165, 1.54) is 0 Å². The van der Waals surface area contributed by atoms with E-state index >= 15 is 0 Å². The van der Waals surface area contributed by atoms with Crippen LogP contribution in [-0.4, -0.2) is 64.8 Å². The second-order valence-electron chi connectivity index (χ2n) is 5.90. The van der Waals surface area contributed by atoms with Crippen LogP contribution < -0.4 is 0 Å². The van der Waals surface area contributed by atoms with Gasteiger partial charge in [-0.1, -0.05) is 0 Å². The van der Waals surface area contributed by atoms with Crippen molar-refractivity contribution >= 4 is 0 Å². The molecule has 1 aliphatic heterocycles. The van der Waals surface area contributed by atoms with Gasteiger partial charge in [-0.25, -0.2) is 0 Å². The molecule has 0 aromatic rings. The minimum Gasteiger partial charge on any atom is -0.192 e. The van der Waals surface area contributed by atoms with Gasteiger partial charge in [-0.2, -0.15) is 92.2 Å². The highest BCUT2D eigenvalue weighted by Gasteiger charge is 3.00. The van der Waals surface area contributed by atoms with E-state index in [1.807, 2.05) is 0 Å². The molecule has 0 aromatic heterocycles. The highest BCUT2D eigenvalue weighted by Crippen LogP contribution is 2.69. The molecular weight excluding hydrogens is 533 g/mol. The zero-order valence-electron chi connectivity index (χ0n) is 13.4. The monoisotopic (exact) mass is 533 g/mol. The van der Waals surface area contributed by atoms with Crippen LogP contribution in [-0.2, 0) is 0 Å². The van der Waals surface area contributed by atoms with Crippen LogP contribution in [0.4, 0.5) is 92.2 Å². The highest BCUT2D eigenvalue weighted by molar-refractivity contribution is 5.18. The summed E-state index contributed by atoms with van der Waals surface area (Å²) in [5.41, 5.74) is 0. The number of alkyl halides is 21. The third-order valence-electron chi connectivity index (χ3n) is 3.91. The lowest BCUT2D eigenvalue weighted by molar-refractivity contribution is -0.556. The summed E-state index contributed by atoms with van der Waals surface area (Å²) in [7, 11) is 0. The van der Waals surface area contributed by atoms with Gasteiger partial charge in [0.05, 0.1) is 0 Å². The van der Waals surface area contributed by atoms with Crippen LogP contribution in [0, 0.1) is 0 Å². The van der Waals surface area contributed by atoms with Crippen LogP contribution in [0.15, 0.2) is 0 Å². The molecule has 1 fully saturated rings. The van der Waals surface area contributed by atoms with Crippen molar-refractivity contribution in [2.24, 2.45) is 0 Å². The quantitative estimate of drug-likeness (QED) is 0.297. The topological polar surface area (TPSA) is 3.24 Å². The Labute approximate surface area is 158 Å². The first kappa shape index (κ1) is 28.5. The lowest BCUT2D eigenvalue weighted by Crippen LogP contribution is -2.86. The molecule has 0 saturated carbocycles. The molecule has 0 atom stereocenters. The number of nitrogens with zero attached hydrogens (tertiary/aromatic N) is 1. The molecule has 32 heavy (non-hydrogen) atoms. The van der Waals surface area contributed by atoms with Gasteiger partial charge in [0.25, 0.3) is 0 Å². The summed E-state index contributed by atoms with van der Waals surface area (Å²) in [6.45, 7) is 0. The molecule has 0 unspecified atom stereocenters. The van der Waals surface area contributed by atoms with Gasteiger partial charge in [-0.3, -0.25) is 0 Å². The van der Waals surface area contributed by atoms with Gasteiger partial charge in [-0.05, 0) is 0 Å². The molecule has 1 nitrogen and oxygen atoms in total. The normalized spacial score (nSPS) is 26.2. The number of hydrogen-bond donors (Lipinski definition) is 0. The van der Waals surface area contributed by atoms with E-state index in [0.29, 0.717) is 0 Å². The van der Waals surface area contributed by atoms with E-state index in [-0.39, 0.29) is 0 Å². The van der Waals surface area contributed by atoms with Crippen LogP contribution in [0.5, 0.6) is 0 Å². The lowest BCUT2D eigenvalue weighted by atomic mass is 9.91. The zero-order chi connectivity index (χ0) is 26.6. The van der Waals surface area contributed by atoms with Crippen molar-refractivity contribution in [2.75, 3.05) is 0 Å². The van der Waals surface area contributed by atoms with Gasteiger partial charge in [0, 0.05) is 0 Å². The molecule has 0 aromatic carbocycles. The number of halogens is 21. The summed E-state index contributed by atoms with van der Waals surface area (Å²) >= 11 is 0. The summed E-state index contributed by atoms with van der Waals surface area (Å²) in [5.74, 6) is -50.8. The first-order valence-corrected chi connectivity index (χ1v) is 6.64. The third kappa shape index (κ3) is 2.75. The number of rotatable bonds is 4. The van der Waals surface area contributed by atoms with E-state index in [1.54, 1.807) is 0 Å². The fourth-order valence-corrected chi connectivity index (χ4v) is 2.09. The summed E-state index contributed by atoms with van der Waals surface area (Å²) in [5, 5.41) is 0. The summed E-state index contributed by atoms with van der Waals surface area (Å²) in [6.07, 6.45) is -7.98. The number of piperidine rings is 1. The Morgan fingerprint density at radius 3 is 0.906 bits per heavy atom. The lowest BCUT2D eigenvalue weighted by Gasteiger charge is -2.54. The van der Waals surface area contributed by atoms with E-state index in [4.69, 9.17) is 0 Å². The van der Waals surface area contributed by atoms with E-state index in [0.717, 1.165) is 0 Å². The molecule has 1 heterocycles. The van der Waals surface area contributed by atoms with E-state index in [2.05, 4.69) is 0 Å². The Balaban J connectivity index is 3.99. The van der Waals surface area contributed by atoms with Crippen LogP contribution in [0.1, 0.15) is 0 Å². The first-order valence-electron chi connectivity index (χ1n) is 6.64. The second-order valence-corrected chi connectivity index (χ2v) is 5.90. The summed E-state index contributed by atoms with van der Waals surface area (Å²) < 4.78 is 272. The average molecular weight is 533 g/mol. The largest absolute Gasteiger partial charge is 0.460 e. The Hall–Kier alpha value is -1.51. The van der Waals surface area contributed by atoms with Gasteiger partial charge < -0.3 is 0 Å². The maximum Gasteiger partial charge on any atom is 0.460 e. The Bertz CT molecular complexity index is 712. The SMILES string of the molecule is FC(F)(F)C(F)(F)C(F)(F)C(F)(F)C(F)(F)N1C(F)(F)C(F)(F)C(F)(F)C(F)(F)C1(F)F. The molecule has 22 heteroatoms. The van der Waals surface area contributed by atoms with Crippen molar-refractivity contribution in [3.05, 3.63) is 0 Å². The van der Waals surface area contributed by atoms with Crippen LogP contribution >= 0.6 is 0 Å². The molecular formula is C10F21N. The van der Waals surface area contributed by atoms with Gasteiger partial charge in [-0.15, -0.1) is 4.90 Å².